The molecule has 100 valence electrons. The van der Waals surface area contributed by atoms with Gasteiger partial charge in [-0.25, -0.2) is 8.42 Å². The minimum atomic E-state index is -3.33. The average molecular weight is 269 g/mol. The van der Waals surface area contributed by atoms with E-state index in [4.69, 9.17) is 0 Å². The summed E-state index contributed by atoms with van der Waals surface area (Å²) < 4.78 is 26.3. The smallest absolute Gasteiger partial charge is 0.243 e. The van der Waals surface area contributed by atoms with Crippen molar-refractivity contribution < 1.29 is 8.42 Å². The van der Waals surface area contributed by atoms with Gasteiger partial charge in [0, 0.05) is 38.9 Å². The second-order valence-corrected chi connectivity index (χ2v) is 6.42. The first-order valence-electron chi connectivity index (χ1n) is 6.00. The van der Waals surface area contributed by atoms with Gasteiger partial charge in [0.1, 0.15) is 0 Å². The number of anilines is 1. The van der Waals surface area contributed by atoms with Crippen LogP contribution < -0.4 is 5.32 Å². The second kappa shape index (κ2) is 5.26. The van der Waals surface area contributed by atoms with Crippen molar-refractivity contribution in [2.24, 2.45) is 0 Å². The highest BCUT2D eigenvalue weighted by Crippen LogP contribution is 2.19. The normalized spacial score (nSPS) is 18.8. The summed E-state index contributed by atoms with van der Waals surface area (Å²) in [6.07, 6.45) is 0. The van der Waals surface area contributed by atoms with E-state index in [-0.39, 0.29) is 0 Å². The summed E-state index contributed by atoms with van der Waals surface area (Å²) in [5.74, 6) is 0. The average Bonchev–Trinajstić information content (AvgIpc) is 2.39. The summed E-state index contributed by atoms with van der Waals surface area (Å²) >= 11 is 0. The van der Waals surface area contributed by atoms with E-state index in [0.717, 1.165) is 18.8 Å². The molecule has 1 aromatic carbocycles. The number of piperazine rings is 1. The fourth-order valence-corrected chi connectivity index (χ4v) is 3.39. The van der Waals surface area contributed by atoms with Crippen LogP contribution in [0.3, 0.4) is 0 Å². The van der Waals surface area contributed by atoms with Gasteiger partial charge in [0.15, 0.2) is 0 Å². The molecule has 1 heterocycles. The van der Waals surface area contributed by atoms with E-state index in [9.17, 15) is 8.42 Å². The van der Waals surface area contributed by atoms with Gasteiger partial charge in [0.2, 0.25) is 10.0 Å². The Labute approximate surface area is 108 Å². The van der Waals surface area contributed by atoms with E-state index in [0.29, 0.717) is 18.0 Å². The Bertz CT molecular complexity index is 491. The van der Waals surface area contributed by atoms with Crippen LogP contribution in [0.15, 0.2) is 29.2 Å². The van der Waals surface area contributed by atoms with Gasteiger partial charge in [0.25, 0.3) is 0 Å². The Morgan fingerprint density at radius 1 is 1.06 bits per heavy atom. The molecular weight excluding hydrogens is 250 g/mol. The van der Waals surface area contributed by atoms with Crippen LogP contribution in [0, 0.1) is 0 Å². The summed E-state index contributed by atoms with van der Waals surface area (Å²) in [6, 6.07) is 6.87. The van der Waals surface area contributed by atoms with Crippen LogP contribution in [0.2, 0.25) is 0 Å². The number of nitrogens with one attached hydrogen (secondary N) is 1. The summed E-state index contributed by atoms with van der Waals surface area (Å²) in [5.41, 5.74) is 0.910. The fourth-order valence-electron chi connectivity index (χ4n) is 1.97. The maximum Gasteiger partial charge on any atom is 0.243 e. The van der Waals surface area contributed by atoms with Gasteiger partial charge in [0.05, 0.1) is 4.90 Å². The Morgan fingerprint density at radius 2 is 1.61 bits per heavy atom. The Balaban J connectivity index is 2.19. The van der Waals surface area contributed by atoms with Gasteiger partial charge in [-0.3, -0.25) is 0 Å². The van der Waals surface area contributed by atoms with E-state index >= 15 is 0 Å². The highest BCUT2D eigenvalue weighted by atomic mass is 32.2. The molecular formula is C12H19N3O2S. The summed E-state index contributed by atoms with van der Waals surface area (Å²) in [5, 5.41) is 2.98. The first-order chi connectivity index (χ1) is 8.54. The molecule has 0 amide bonds. The first-order valence-corrected chi connectivity index (χ1v) is 7.44. The second-order valence-electron chi connectivity index (χ2n) is 4.48. The number of likely N-dealkylation sites (N-methyl/N-ethyl adjacent to an activating group) is 1. The fraction of sp³-hybridized carbons (Fsp3) is 0.500. The number of hydrogen-bond donors (Lipinski definition) is 1. The molecule has 0 bridgehead atoms. The van der Waals surface area contributed by atoms with Gasteiger partial charge in [-0.2, -0.15) is 4.31 Å². The lowest BCUT2D eigenvalue weighted by atomic mass is 10.3. The highest BCUT2D eigenvalue weighted by Gasteiger charge is 2.27. The molecule has 1 aliphatic rings. The molecule has 1 saturated heterocycles. The summed E-state index contributed by atoms with van der Waals surface area (Å²) in [7, 11) is 0.484. The number of sulfonamides is 1. The molecule has 5 nitrogen and oxygen atoms in total. The Morgan fingerprint density at radius 3 is 2.11 bits per heavy atom. The Kier molecular flexibility index (Phi) is 3.89. The van der Waals surface area contributed by atoms with Gasteiger partial charge in [-0.1, -0.05) is 0 Å². The highest BCUT2D eigenvalue weighted by molar-refractivity contribution is 7.89. The molecule has 1 N–H and O–H groups in total. The van der Waals surface area contributed by atoms with Crippen molar-refractivity contribution in [1.82, 2.24) is 9.21 Å². The topological polar surface area (TPSA) is 52.7 Å². The molecule has 2 rings (SSSR count). The lowest BCUT2D eigenvalue weighted by Crippen LogP contribution is -2.46. The van der Waals surface area contributed by atoms with E-state index in [1.807, 2.05) is 14.1 Å². The minimum Gasteiger partial charge on any atom is -0.388 e. The Hall–Kier alpha value is -1.11. The van der Waals surface area contributed by atoms with Crippen LogP contribution in [0.5, 0.6) is 0 Å². The van der Waals surface area contributed by atoms with E-state index < -0.39 is 10.0 Å². The number of nitrogens with zero attached hydrogens (tertiary/aromatic N) is 2. The van der Waals surface area contributed by atoms with Crippen LogP contribution in [0.1, 0.15) is 0 Å². The monoisotopic (exact) mass is 269 g/mol. The van der Waals surface area contributed by atoms with Crippen molar-refractivity contribution >= 4 is 15.7 Å². The third kappa shape index (κ3) is 2.66. The quantitative estimate of drug-likeness (QED) is 0.876. The maximum absolute atomic E-state index is 12.4. The van der Waals surface area contributed by atoms with Crippen molar-refractivity contribution in [3.8, 4) is 0 Å². The van der Waals surface area contributed by atoms with Crippen LogP contribution in [-0.2, 0) is 10.0 Å². The summed E-state index contributed by atoms with van der Waals surface area (Å²) in [4.78, 5) is 2.50. The number of rotatable bonds is 3. The molecule has 0 spiro atoms. The van der Waals surface area contributed by atoms with Crippen LogP contribution >= 0.6 is 0 Å². The molecule has 1 fully saturated rings. The SMILES string of the molecule is CNc1ccc(S(=O)(=O)N2CCN(C)CC2)cc1. The molecule has 1 aromatic rings. The molecule has 0 radical (unpaired) electrons. The van der Waals surface area contributed by atoms with Crippen LogP contribution in [0.25, 0.3) is 0 Å². The van der Waals surface area contributed by atoms with Gasteiger partial charge in [-0.15, -0.1) is 0 Å². The van der Waals surface area contributed by atoms with E-state index in [2.05, 4.69) is 10.2 Å². The molecule has 0 aliphatic carbocycles. The molecule has 0 aromatic heterocycles. The predicted octanol–water partition coefficient (Wildman–Crippen LogP) is 0.664. The van der Waals surface area contributed by atoms with Crippen LogP contribution in [-0.4, -0.2) is 57.9 Å². The largest absolute Gasteiger partial charge is 0.388 e. The number of benzene rings is 1. The van der Waals surface area contributed by atoms with Crippen molar-refractivity contribution in [2.75, 3.05) is 45.6 Å². The van der Waals surface area contributed by atoms with Gasteiger partial charge in [-0.05, 0) is 31.3 Å². The zero-order chi connectivity index (χ0) is 13.2. The summed E-state index contributed by atoms with van der Waals surface area (Å²) in [6.45, 7) is 2.70. The van der Waals surface area contributed by atoms with E-state index in [1.165, 1.54) is 0 Å². The lowest BCUT2D eigenvalue weighted by molar-refractivity contribution is 0.222. The molecule has 0 saturated carbocycles. The van der Waals surface area contributed by atoms with Crippen LogP contribution in [0.4, 0.5) is 5.69 Å². The van der Waals surface area contributed by atoms with Gasteiger partial charge < -0.3 is 10.2 Å². The number of hydrogen-bond acceptors (Lipinski definition) is 4. The first kappa shape index (κ1) is 13.3. The van der Waals surface area contributed by atoms with Crippen molar-refractivity contribution in [2.45, 2.75) is 4.90 Å². The zero-order valence-corrected chi connectivity index (χ0v) is 11.6. The molecule has 0 atom stereocenters. The molecule has 1 aliphatic heterocycles. The van der Waals surface area contributed by atoms with Crippen molar-refractivity contribution in [3.05, 3.63) is 24.3 Å². The minimum absolute atomic E-state index is 0.367. The standard InChI is InChI=1S/C12H19N3O2S/c1-13-11-3-5-12(6-4-11)18(16,17)15-9-7-14(2)8-10-15/h3-6,13H,7-10H2,1-2H3. The van der Waals surface area contributed by atoms with Crippen molar-refractivity contribution in [3.63, 3.8) is 0 Å². The van der Waals surface area contributed by atoms with Crippen molar-refractivity contribution in [1.29, 1.82) is 0 Å². The molecule has 6 heteroatoms. The molecule has 0 unspecified atom stereocenters. The maximum atomic E-state index is 12.4. The third-order valence-electron chi connectivity index (χ3n) is 3.24. The lowest BCUT2D eigenvalue weighted by Gasteiger charge is -2.31. The van der Waals surface area contributed by atoms with E-state index in [1.54, 1.807) is 28.6 Å². The molecule has 18 heavy (non-hydrogen) atoms. The van der Waals surface area contributed by atoms with Gasteiger partial charge >= 0.3 is 0 Å². The zero-order valence-electron chi connectivity index (χ0n) is 10.8. The third-order valence-corrected chi connectivity index (χ3v) is 5.16. The predicted molar refractivity (Wildman–Crippen MR) is 72.2 cm³/mol.